The van der Waals surface area contributed by atoms with Gasteiger partial charge in [0.05, 0.1) is 11.8 Å². The summed E-state index contributed by atoms with van der Waals surface area (Å²) in [7, 11) is 0. The van der Waals surface area contributed by atoms with Crippen LogP contribution in [-0.4, -0.2) is 21.2 Å². The Balaban J connectivity index is 2.39. The Hall–Kier alpha value is -0.960. The molecule has 1 N–H and O–H groups in total. The Kier molecular flexibility index (Phi) is 2.50. The zero-order valence-corrected chi connectivity index (χ0v) is 8.70. The molecule has 0 aliphatic heterocycles. The summed E-state index contributed by atoms with van der Waals surface area (Å²) in [5.41, 5.74) is 3.51. The van der Waals surface area contributed by atoms with E-state index in [0.717, 1.165) is 18.5 Å². The number of aryl methyl sites for hydroxylation is 1. The average Bonchev–Trinajstić information content (AvgIpc) is 2.63. The van der Waals surface area contributed by atoms with Crippen LogP contribution in [0.5, 0.6) is 0 Å². The fraction of sp³-hybridized carbons (Fsp3) is 0.636. The molecular weight excluding hydrogens is 176 g/mol. The van der Waals surface area contributed by atoms with Gasteiger partial charge >= 0.3 is 0 Å². The molecule has 0 radical (unpaired) electrons. The van der Waals surface area contributed by atoms with Crippen LogP contribution in [0.25, 0.3) is 0 Å². The van der Waals surface area contributed by atoms with E-state index in [2.05, 4.69) is 9.97 Å². The molecule has 0 amide bonds. The van der Waals surface area contributed by atoms with Crippen molar-refractivity contribution in [3.63, 3.8) is 0 Å². The Bertz CT molecular complexity index is 336. The van der Waals surface area contributed by atoms with Crippen molar-refractivity contribution in [3.05, 3.63) is 23.3 Å². The molecule has 0 fully saturated rings. The first-order valence-corrected chi connectivity index (χ1v) is 5.21. The Morgan fingerprint density at radius 1 is 1.29 bits per heavy atom. The summed E-state index contributed by atoms with van der Waals surface area (Å²) in [5, 5.41) is 9.55. The summed E-state index contributed by atoms with van der Waals surface area (Å²) in [6.45, 7) is 3.83. The lowest BCUT2D eigenvalue weighted by molar-refractivity contribution is 0.167. The third kappa shape index (κ3) is 1.52. The van der Waals surface area contributed by atoms with Gasteiger partial charge in [-0.3, -0.25) is 0 Å². The molecule has 1 heterocycles. The van der Waals surface area contributed by atoms with Gasteiger partial charge in [0.1, 0.15) is 6.33 Å². The lowest BCUT2D eigenvalue weighted by Gasteiger charge is -2.16. The average molecular weight is 192 g/mol. The predicted octanol–water partition coefficient (Wildman–Crippen LogP) is 1.45. The standard InChI is InChI=1S/C11H16N2O/c1-7(8(2)14)11-9-4-3-5-10(9)12-6-13-11/h6-8,14H,3-5H2,1-2H3. The topological polar surface area (TPSA) is 46.0 Å². The molecular formula is C11H16N2O. The molecule has 0 spiro atoms. The van der Waals surface area contributed by atoms with Crippen molar-refractivity contribution < 1.29 is 5.11 Å². The Morgan fingerprint density at radius 3 is 2.79 bits per heavy atom. The zero-order chi connectivity index (χ0) is 10.1. The normalized spacial score (nSPS) is 19.1. The van der Waals surface area contributed by atoms with Crippen LogP contribution in [0, 0.1) is 0 Å². The molecule has 0 aromatic carbocycles. The van der Waals surface area contributed by atoms with Crippen molar-refractivity contribution in [3.8, 4) is 0 Å². The van der Waals surface area contributed by atoms with Gasteiger partial charge in [0.2, 0.25) is 0 Å². The second-order valence-electron chi connectivity index (χ2n) is 4.07. The third-order valence-corrected chi connectivity index (χ3v) is 3.06. The third-order valence-electron chi connectivity index (χ3n) is 3.06. The van der Waals surface area contributed by atoms with Crippen molar-refractivity contribution in [1.29, 1.82) is 0 Å². The van der Waals surface area contributed by atoms with E-state index < -0.39 is 0 Å². The number of fused-ring (bicyclic) bond motifs is 1. The van der Waals surface area contributed by atoms with E-state index in [4.69, 9.17) is 0 Å². The fourth-order valence-corrected chi connectivity index (χ4v) is 2.01. The quantitative estimate of drug-likeness (QED) is 0.771. The van der Waals surface area contributed by atoms with Crippen molar-refractivity contribution in [2.24, 2.45) is 0 Å². The maximum Gasteiger partial charge on any atom is 0.115 e. The summed E-state index contributed by atoms with van der Waals surface area (Å²) in [6.07, 6.45) is 4.60. The lowest BCUT2D eigenvalue weighted by atomic mass is 9.97. The first kappa shape index (κ1) is 9.59. The first-order valence-electron chi connectivity index (χ1n) is 5.21. The lowest BCUT2D eigenvalue weighted by Crippen LogP contribution is -2.15. The maximum atomic E-state index is 9.55. The zero-order valence-electron chi connectivity index (χ0n) is 8.70. The summed E-state index contributed by atoms with van der Waals surface area (Å²) in [5.74, 6) is 0.116. The van der Waals surface area contributed by atoms with Gasteiger partial charge in [-0.1, -0.05) is 6.92 Å². The predicted molar refractivity (Wildman–Crippen MR) is 54.2 cm³/mol. The van der Waals surface area contributed by atoms with Crippen LogP contribution in [0.4, 0.5) is 0 Å². The van der Waals surface area contributed by atoms with Gasteiger partial charge in [-0.05, 0) is 31.7 Å². The molecule has 1 aromatic rings. The number of nitrogens with zero attached hydrogens (tertiary/aromatic N) is 2. The minimum Gasteiger partial charge on any atom is -0.393 e. The molecule has 0 saturated carbocycles. The molecule has 2 atom stereocenters. The maximum absolute atomic E-state index is 9.55. The number of aliphatic hydroxyl groups excluding tert-OH is 1. The van der Waals surface area contributed by atoms with E-state index in [-0.39, 0.29) is 12.0 Å². The molecule has 1 aliphatic rings. The molecule has 1 aromatic heterocycles. The van der Waals surface area contributed by atoms with Crippen LogP contribution >= 0.6 is 0 Å². The molecule has 1 aliphatic carbocycles. The van der Waals surface area contributed by atoms with Crippen LogP contribution in [-0.2, 0) is 12.8 Å². The molecule has 2 unspecified atom stereocenters. The van der Waals surface area contributed by atoms with E-state index in [1.54, 1.807) is 6.33 Å². The molecule has 2 rings (SSSR count). The number of rotatable bonds is 2. The minimum absolute atomic E-state index is 0.116. The summed E-state index contributed by atoms with van der Waals surface area (Å²) in [6, 6.07) is 0. The number of hydrogen-bond acceptors (Lipinski definition) is 3. The Labute approximate surface area is 84.2 Å². The SMILES string of the molecule is CC(O)C(C)c1ncnc2c1CCC2. The van der Waals surface area contributed by atoms with Crippen LogP contribution in [0.3, 0.4) is 0 Å². The van der Waals surface area contributed by atoms with E-state index in [0.29, 0.717) is 0 Å². The first-order chi connectivity index (χ1) is 6.70. The van der Waals surface area contributed by atoms with Gasteiger partial charge in [-0.25, -0.2) is 9.97 Å². The van der Waals surface area contributed by atoms with Gasteiger partial charge in [0.25, 0.3) is 0 Å². The molecule has 0 bridgehead atoms. The number of aromatic nitrogens is 2. The monoisotopic (exact) mass is 192 g/mol. The van der Waals surface area contributed by atoms with Crippen LogP contribution in [0.2, 0.25) is 0 Å². The highest BCUT2D eigenvalue weighted by atomic mass is 16.3. The van der Waals surface area contributed by atoms with Crippen molar-refractivity contribution in [2.75, 3.05) is 0 Å². The van der Waals surface area contributed by atoms with E-state index in [1.165, 1.54) is 17.7 Å². The summed E-state index contributed by atoms with van der Waals surface area (Å²) >= 11 is 0. The summed E-state index contributed by atoms with van der Waals surface area (Å²) in [4.78, 5) is 8.57. The molecule has 3 heteroatoms. The van der Waals surface area contributed by atoms with Crippen molar-refractivity contribution >= 4 is 0 Å². The largest absolute Gasteiger partial charge is 0.393 e. The van der Waals surface area contributed by atoms with Crippen LogP contribution < -0.4 is 0 Å². The van der Waals surface area contributed by atoms with E-state index in [9.17, 15) is 5.11 Å². The number of hydrogen-bond donors (Lipinski definition) is 1. The van der Waals surface area contributed by atoms with Gasteiger partial charge in [-0.2, -0.15) is 0 Å². The van der Waals surface area contributed by atoms with Crippen LogP contribution in [0.1, 0.15) is 43.1 Å². The van der Waals surface area contributed by atoms with Crippen molar-refractivity contribution in [2.45, 2.75) is 45.1 Å². The van der Waals surface area contributed by atoms with E-state index >= 15 is 0 Å². The van der Waals surface area contributed by atoms with Gasteiger partial charge < -0.3 is 5.11 Å². The molecule has 14 heavy (non-hydrogen) atoms. The highest BCUT2D eigenvalue weighted by Gasteiger charge is 2.22. The minimum atomic E-state index is -0.338. The van der Waals surface area contributed by atoms with Crippen molar-refractivity contribution in [1.82, 2.24) is 9.97 Å². The highest BCUT2D eigenvalue weighted by molar-refractivity contribution is 5.31. The summed E-state index contributed by atoms with van der Waals surface area (Å²) < 4.78 is 0. The van der Waals surface area contributed by atoms with Gasteiger partial charge in [-0.15, -0.1) is 0 Å². The second-order valence-corrected chi connectivity index (χ2v) is 4.07. The smallest absolute Gasteiger partial charge is 0.115 e. The molecule has 76 valence electrons. The second kappa shape index (κ2) is 3.65. The van der Waals surface area contributed by atoms with E-state index in [1.807, 2.05) is 13.8 Å². The van der Waals surface area contributed by atoms with Gasteiger partial charge in [0.15, 0.2) is 0 Å². The van der Waals surface area contributed by atoms with Gasteiger partial charge in [0, 0.05) is 11.6 Å². The number of aliphatic hydroxyl groups is 1. The highest BCUT2D eigenvalue weighted by Crippen LogP contribution is 2.28. The fourth-order valence-electron chi connectivity index (χ4n) is 2.01. The molecule has 3 nitrogen and oxygen atoms in total. The van der Waals surface area contributed by atoms with Crippen LogP contribution in [0.15, 0.2) is 6.33 Å². The Morgan fingerprint density at radius 2 is 2.07 bits per heavy atom. The molecule has 0 saturated heterocycles.